The summed E-state index contributed by atoms with van der Waals surface area (Å²) in [4.78, 5) is 7.47. The van der Waals surface area contributed by atoms with Crippen molar-refractivity contribution in [3.63, 3.8) is 0 Å². The Balaban J connectivity index is 1.73. The normalized spacial score (nSPS) is 27.1. The van der Waals surface area contributed by atoms with Gasteiger partial charge < -0.3 is 9.32 Å². The Hall–Kier alpha value is -2.81. The zero-order chi connectivity index (χ0) is 17.0. The molecule has 0 radical (unpaired) electrons. The van der Waals surface area contributed by atoms with Gasteiger partial charge in [-0.3, -0.25) is 0 Å². The molecule has 0 aliphatic carbocycles. The van der Waals surface area contributed by atoms with Gasteiger partial charge in [0.1, 0.15) is 17.6 Å². The van der Waals surface area contributed by atoms with E-state index in [1.807, 2.05) is 6.07 Å². The van der Waals surface area contributed by atoms with Crippen LogP contribution >= 0.6 is 0 Å². The molecule has 3 atom stereocenters. The van der Waals surface area contributed by atoms with Crippen LogP contribution < -0.4 is 0 Å². The molecule has 0 amide bonds. The summed E-state index contributed by atoms with van der Waals surface area (Å²) in [5.41, 5.74) is 3.44. The van der Waals surface area contributed by atoms with E-state index in [1.54, 1.807) is 6.26 Å². The highest BCUT2D eigenvalue weighted by Crippen LogP contribution is 2.58. The monoisotopic (exact) mass is 328 g/mol. The second kappa shape index (κ2) is 5.09. The lowest BCUT2D eigenvalue weighted by Gasteiger charge is -2.60. The van der Waals surface area contributed by atoms with E-state index in [4.69, 9.17) is 9.41 Å². The van der Waals surface area contributed by atoms with E-state index in [0.717, 1.165) is 17.3 Å². The van der Waals surface area contributed by atoms with Crippen LogP contribution in [0.3, 0.4) is 0 Å². The van der Waals surface area contributed by atoms with E-state index < -0.39 is 0 Å². The van der Waals surface area contributed by atoms with Gasteiger partial charge in [-0.05, 0) is 37.6 Å². The van der Waals surface area contributed by atoms with Gasteiger partial charge in [0.15, 0.2) is 0 Å². The first-order valence-electron chi connectivity index (χ1n) is 8.76. The average molecular weight is 328 g/mol. The van der Waals surface area contributed by atoms with Crippen LogP contribution in [0.5, 0.6) is 0 Å². The molecule has 0 spiro atoms. The van der Waals surface area contributed by atoms with Gasteiger partial charge in [0.05, 0.1) is 23.4 Å². The molecule has 1 saturated heterocycles. The Kier molecular flexibility index (Phi) is 2.96. The van der Waals surface area contributed by atoms with Crippen molar-refractivity contribution in [3.05, 3.63) is 89.9 Å². The second-order valence-corrected chi connectivity index (χ2v) is 7.06. The fourth-order valence-electron chi connectivity index (χ4n) is 4.45. The standard InChI is InChI=1S/C22H20N2O/c1-15-17-11-6-7-12-18(17)23-21-22(2,16-9-4-3-5-10-16)20(24(15)21)19-13-8-14-25-19/h3-15,20H,1-2H3/t15-,20-,22+/m0/s1. The van der Waals surface area contributed by atoms with Gasteiger partial charge in [0.2, 0.25) is 0 Å². The first-order chi connectivity index (χ1) is 12.2. The number of amidine groups is 1. The molecule has 1 fully saturated rings. The molecule has 2 aliphatic rings. The maximum absolute atomic E-state index is 5.84. The third-order valence-electron chi connectivity index (χ3n) is 5.75. The molecule has 0 N–H and O–H groups in total. The topological polar surface area (TPSA) is 28.7 Å². The second-order valence-electron chi connectivity index (χ2n) is 7.06. The summed E-state index contributed by atoms with van der Waals surface area (Å²) in [6, 6.07) is 23.6. The molecule has 25 heavy (non-hydrogen) atoms. The number of hydrogen-bond donors (Lipinski definition) is 0. The van der Waals surface area contributed by atoms with Crippen LogP contribution in [0, 0.1) is 0 Å². The van der Waals surface area contributed by atoms with Crippen molar-refractivity contribution in [2.75, 3.05) is 0 Å². The van der Waals surface area contributed by atoms with Crippen molar-refractivity contribution >= 4 is 11.5 Å². The van der Waals surface area contributed by atoms with E-state index in [9.17, 15) is 0 Å². The van der Waals surface area contributed by atoms with Crippen molar-refractivity contribution in [3.8, 4) is 0 Å². The van der Waals surface area contributed by atoms with Crippen LogP contribution in [0.15, 0.2) is 82.4 Å². The lowest BCUT2D eigenvalue weighted by atomic mass is 9.64. The number of aliphatic imine (C=N–C) groups is 1. The zero-order valence-electron chi connectivity index (χ0n) is 14.4. The molecular formula is C22H20N2O. The van der Waals surface area contributed by atoms with E-state index in [1.165, 1.54) is 11.1 Å². The number of benzene rings is 2. The highest BCUT2D eigenvalue weighted by atomic mass is 16.3. The maximum atomic E-state index is 5.84. The molecule has 0 unspecified atom stereocenters. The first kappa shape index (κ1) is 14.5. The van der Waals surface area contributed by atoms with Gasteiger partial charge in [0.25, 0.3) is 0 Å². The Morgan fingerprint density at radius 1 is 0.960 bits per heavy atom. The average Bonchev–Trinajstić information content (AvgIpc) is 3.17. The smallest absolute Gasteiger partial charge is 0.127 e. The quantitative estimate of drug-likeness (QED) is 0.630. The first-order valence-corrected chi connectivity index (χ1v) is 8.76. The van der Waals surface area contributed by atoms with Crippen molar-refractivity contribution in [1.82, 2.24) is 4.90 Å². The number of fused-ring (bicyclic) bond motifs is 2. The number of para-hydroxylation sites is 1. The summed E-state index contributed by atoms with van der Waals surface area (Å²) in [5.74, 6) is 2.13. The zero-order valence-corrected chi connectivity index (χ0v) is 14.4. The molecule has 124 valence electrons. The number of hydrogen-bond acceptors (Lipinski definition) is 3. The molecule has 5 rings (SSSR count). The minimum atomic E-state index is -0.194. The Labute approximate surface area is 147 Å². The third kappa shape index (κ3) is 1.84. The van der Waals surface area contributed by atoms with Crippen LogP contribution in [0.4, 0.5) is 5.69 Å². The molecule has 3 aromatic rings. The Morgan fingerprint density at radius 2 is 1.72 bits per heavy atom. The minimum absolute atomic E-state index is 0.145. The van der Waals surface area contributed by atoms with Crippen LogP contribution in [0.25, 0.3) is 0 Å². The number of furan rings is 1. The number of rotatable bonds is 2. The largest absolute Gasteiger partial charge is 0.467 e. The fraction of sp³-hybridized carbons (Fsp3) is 0.227. The third-order valence-corrected chi connectivity index (χ3v) is 5.75. The predicted molar refractivity (Wildman–Crippen MR) is 99.0 cm³/mol. The molecule has 2 aliphatic heterocycles. The van der Waals surface area contributed by atoms with E-state index in [0.29, 0.717) is 0 Å². The molecule has 2 aromatic carbocycles. The summed E-state index contributed by atoms with van der Waals surface area (Å²) in [7, 11) is 0. The van der Waals surface area contributed by atoms with Gasteiger partial charge >= 0.3 is 0 Å². The molecule has 3 heterocycles. The van der Waals surface area contributed by atoms with Crippen LogP contribution in [-0.4, -0.2) is 10.7 Å². The molecule has 0 bridgehead atoms. The Bertz CT molecular complexity index is 945. The molecular weight excluding hydrogens is 308 g/mol. The Morgan fingerprint density at radius 3 is 2.48 bits per heavy atom. The molecule has 1 aromatic heterocycles. The van der Waals surface area contributed by atoms with Crippen LogP contribution in [0.2, 0.25) is 0 Å². The SMILES string of the molecule is C[C@H]1c2ccccc2N=C2N1[C@@H](c1ccco1)[C@@]2(C)c1ccccc1. The van der Waals surface area contributed by atoms with Gasteiger partial charge in [-0.1, -0.05) is 48.5 Å². The molecule has 0 saturated carbocycles. The summed E-state index contributed by atoms with van der Waals surface area (Å²) in [6.07, 6.45) is 1.76. The summed E-state index contributed by atoms with van der Waals surface area (Å²) < 4.78 is 5.84. The molecule has 3 heteroatoms. The van der Waals surface area contributed by atoms with Crippen molar-refractivity contribution in [2.45, 2.75) is 31.3 Å². The predicted octanol–water partition coefficient (Wildman–Crippen LogP) is 5.40. The molecule has 3 nitrogen and oxygen atoms in total. The van der Waals surface area contributed by atoms with Crippen LogP contribution in [-0.2, 0) is 5.41 Å². The van der Waals surface area contributed by atoms with Gasteiger partial charge in [-0.15, -0.1) is 0 Å². The maximum Gasteiger partial charge on any atom is 0.127 e. The van der Waals surface area contributed by atoms with E-state index >= 15 is 0 Å². The van der Waals surface area contributed by atoms with Gasteiger partial charge in [-0.2, -0.15) is 0 Å². The van der Waals surface area contributed by atoms with Gasteiger partial charge in [-0.25, -0.2) is 4.99 Å². The summed E-state index contributed by atoms with van der Waals surface area (Å²) >= 11 is 0. The lowest BCUT2D eigenvalue weighted by molar-refractivity contribution is 0.0914. The van der Waals surface area contributed by atoms with Crippen molar-refractivity contribution in [2.24, 2.45) is 4.99 Å². The highest BCUT2D eigenvalue weighted by Gasteiger charge is 2.60. The minimum Gasteiger partial charge on any atom is -0.467 e. The van der Waals surface area contributed by atoms with Crippen LogP contribution in [0.1, 0.15) is 42.8 Å². The summed E-state index contributed by atoms with van der Waals surface area (Å²) in [5, 5.41) is 0. The van der Waals surface area contributed by atoms with Crippen molar-refractivity contribution < 1.29 is 4.42 Å². The summed E-state index contributed by atoms with van der Waals surface area (Å²) in [6.45, 7) is 4.54. The van der Waals surface area contributed by atoms with Gasteiger partial charge in [0, 0.05) is 5.56 Å². The lowest BCUT2D eigenvalue weighted by Crippen LogP contribution is -2.65. The van der Waals surface area contributed by atoms with Crippen molar-refractivity contribution in [1.29, 1.82) is 0 Å². The number of nitrogens with zero attached hydrogens (tertiary/aromatic N) is 2. The fourth-order valence-corrected chi connectivity index (χ4v) is 4.45. The highest BCUT2D eigenvalue weighted by molar-refractivity contribution is 6.03. The van der Waals surface area contributed by atoms with E-state index in [2.05, 4.69) is 79.4 Å². The van der Waals surface area contributed by atoms with E-state index in [-0.39, 0.29) is 17.5 Å².